The Morgan fingerprint density at radius 3 is 3.00 bits per heavy atom. The molecule has 2 aromatic heterocycles. The average molecular weight is 206 g/mol. The molecule has 6 nitrogen and oxygen atoms in total. The Morgan fingerprint density at radius 1 is 1.47 bits per heavy atom. The van der Waals surface area contributed by atoms with E-state index in [1.807, 2.05) is 18.5 Å². The standard InChI is InChI=1S/C9H14N6/c1-6-13-8(11-4-3-10)7-9(14-6)15(2)5-12-7/h5H,3-4,10H2,1-2H3,(H,11,13,14). The van der Waals surface area contributed by atoms with Crippen molar-refractivity contribution in [1.82, 2.24) is 19.5 Å². The third kappa shape index (κ3) is 1.75. The van der Waals surface area contributed by atoms with Crippen LogP contribution < -0.4 is 11.1 Å². The predicted molar refractivity (Wildman–Crippen MR) is 58.6 cm³/mol. The van der Waals surface area contributed by atoms with E-state index in [9.17, 15) is 0 Å². The van der Waals surface area contributed by atoms with E-state index in [1.54, 1.807) is 6.33 Å². The summed E-state index contributed by atoms with van der Waals surface area (Å²) in [5.74, 6) is 1.48. The third-order valence-electron chi connectivity index (χ3n) is 2.11. The van der Waals surface area contributed by atoms with Crippen LogP contribution in [0.4, 0.5) is 5.82 Å². The Kier molecular flexibility index (Phi) is 2.51. The van der Waals surface area contributed by atoms with Gasteiger partial charge in [-0.25, -0.2) is 15.0 Å². The van der Waals surface area contributed by atoms with Gasteiger partial charge in [0.25, 0.3) is 0 Å². The van der Waals surface area contributed by atoms with E-state index in [2.05, 4.69) is 20.3 Å². The smallest absolute Gasteiger partial charge is 0.165 e. The highest BCUT2D eigenvalue weighted by molar-refractivity contribution is 5.82. The number of rotatable bonds is 3. The Bertz CT molecular complexity index is 475. The number of hydrogen-bond donors (Lipinski definition) is 2. The number of nitrogens with one attached hydrogen (secondary N) is 1. The maximum absolute atomic E-state index is 5.43. The molecule has 15 heavy (non-hydrogen) atoms. The first-order valence-corrected chi connectivity index (χ1v) is 4.82. The molecule has 0 aromatic carbocycles. The van der Waals surface area contributed by atoms with Gasteiger partial charge in [-0.05, 0) is 6.92 Å². The number of hydrogen-bond acceptors (Lipinski definition) is 5. The van der Waals surface area contributed by atoms with Crippen LogP contribution in [-0.2, 0) is 7.05 Å². The Hall–Kier alpha value is -1.69. The first kappa shape index (κ1) is 9.85. The van der Waals surface area contributed by atoms with Crippen molar-refractivity contribution < 1.29 is 0 Å². The highest BCUT2D eigenvalue weighted by Gasteiger charge is 2.09. The van der Waals surface area contributed by atoms with Crippen molar-refractivity contribution >= 4 is 17.0 Å². The van der Waals surface area contributed by atoms with Crippen molar-refractivity contribution in [2.45, 2.75) is 6.92 Å². The molecule has 3 N–H and O–H groups in total. The molecule has 0 saturated heterocycles. The van der Waals surface area contributed by atoms with Crippen LogP contribution in [0.25, 0.3) is 11.2 Å². The summed E-state index contributed by atoms with van der Waals surface area (Å²) >= 11 is 0. The lowest BCUT2D eigenvalue weighted by Crippen LogP contribution is -2.14. The van der Waals surface area contributed by atoms with Gasteiger partial charge < -0.3 is 15.6 Å². The number of fused-ring (bicyclic) bond motifs is 1. The molecule has 0 fully saturated rings. The minimum Gasteiger partial charge on any atom is -0.367 e. The van der Waals surface area contributed by atoms with E-state index in [4.69, 9.17) is 5.73 Å². The number of anilines is 1. The topological polar surface area (TPSA) is 81.6 Å². The zero-order valence-corrected chi connectivity index (χ0v) is 8.86. The van der Waals surface area contributed by atoms with Gasteiger partial charge in [-0.1, -0.05) is 0 Å². The summed E-state index contributed by atoms with van der Waals surface area (Å²) in [5, 5.41) is 3.14. The molecule has 2 aromatic rings. The molecule has 2 rings (SSSR count). The largest absolute Gasteiger partial charge is 0.367 e. The predicted octanol–water partition coefficient (Wildman–Crippen LogP) is 0.0423. The summed E-state index contributed by atoms with van der Waals surface area (Å²) in [4.78, 5) is 12.9. The lowest BCUT2D eigenvalue weighted by molar-refractivity contribution is 0.918. The maximum atomic E-state index is 5.43. The van der Waals surface area contributed by atoms with Gasteiger partial charge in [0.1, 0.15) is 11.3 Å². The number of aryl methyl sites for hydroxylation is 2. The summed E-state index contributed by atoms with van der Waals surface area (Å²) in [6.07, 6.45) is 1.73. The fourth-order valence-corrected chi connectivity index (χ4v) is 1.43. The summed E-state index contributed by atoms with van der Waals surface area (Å²) < 4.78 is 1.87. The van der Waals surface area contributed by atoms with E-state index < -0.39 is 0 Å². The van der Waals surface area contributed by atoms with Gasteiger partial charge in [-0.2, -0.15) is 0 Å². The Balaban J connectivity index is 2.52. The van der Waals surface area contributed by atoms with Gasteiger partial charge in [-0.3, -0.25) is 0 Å². The maximum Gasteiger partial charge on any atom is 0.165 e. The molecule has 0 atom stereocenters. The zero-order valence-electron chi connectivity index (χ0n) is 8.86. The molecule has 80 valence electrons. The van der Waals surface area contributed by atoms with Gasteiger partial charge in [0.05, 0.1) is 6.33 Å². The summed E-state index contributed by atoms with van der Waals surface area (Å²) in [6, 6.07) is 0. The minimum absolute atomic E-state index is 0.567. The van der Waals surface area contributed by atoms with Crippen LogP contribution in [0.2, 0.25) is 0 Å². The fraction of sp³-hybridized carbons (Fsp3) is 0.444. The quantitative estimate of drug-likeness (QED) is 0.741. The second-order valence-electron chi connectivity index (χ2n) is 3.36. The van der Waals surface area contributed by atoms with Crippen molar-refractivity contribution in [3.8, 4) is 0 Å². The molecule has 0 aliphatic heterocycles. The van der Waals surface area contributed by atoms with Crippen molar-refractivity contribution in [2.24, 2.45) is 12.8 Å². The summed E-state index contributed by atoms with van der Waals surface area (Å²) in [6.45, 7) is 3.11. The van der Waals surface area contributed by atoms with E-state index in [-0.39, 0.29) is 0 Å². The number of aromatic nitrogens is 4. The van der Waals surface area contributed by atoms with Crippen LogP contribution in [-0.4, -0.2) is 32.6 Å². The van der Waals surface area contributed by atoms with Crippen LogP contribution in [0, 0.1) is 6.92 Å². The van der Waals surface area contributed by atoms with E-state index in [0.29, 0.717) is 13.1 Å². The SMILES string of the molecule is Cc1nc(NCCN)c2ncn(C)c2n1. The molecular formula is C9H14N6. The highest BCUT2D eigenvalue weighted by Crippen LogP contribution is 2.17. The van der Waals surface area contributed by atoms with Gasteiger partial charge >= 0.3 is 0 Å². The monoisotopic (exact) mass is 206 g/mol. The molecule has 0 spiro atoms. The molecule has 0 aliphatic carbocycles. The minimum atomic E-state index is 0.567. The highest BCUT2D eigenvalue weighted by atomic mass is 15.1. The van der Waals surface area contributed by atoms with Gasteiger partial charge in [0.15, 0.2) is 11.5 Å². The molecule has 0 unspecified atom stereocenters. The first-order valence-electron chi connectivity index (χ1n) is 4.82. The van der Waals surface area contributed by atoms with Crippen LogP contribution >= 0.6 is 0 Å². The number of nitrogens with two attached hydrogens (primary N) is 1. The average Bonchev–Trinajstić information content (AvgIpc) is 2.57. The van der Waals surface area contributed by atoms with Gasteiger partial charge in [0.2, 0.25) is 0 Å². The fourth-order valence-electron chi connectivity index (χ4n) is 1.43. The molecule has 0 amide bonds. The Morgan fingerprint density at radius 2 is 2.27 bits per heavy atom. The van der Waals surface area contributed by atoms with Gasteiger partial charge in [-0.15, -0.1) is 0 Å². The van der Waals surface area contributed by atoms with E-state index >= 15 is 0 Å². The number of nitrogens with zero attached hydrogens (tertiary/aromatic N) is 4. The Labute approximate surface area is 87.5 Å². The lowest BCUT2D eigenvalue weighted by atomic mass is 10.4. The van der Waals surface area contributed by atoms with Crippen molar-refractivity contribution in [3.63, 3.8) is 0 Å². The van der Waals surface area contributed by atoms with E-state index in [0.717, 1.165) is 22.8 Å². The van der Waals surface area contributed by atoms with Crippen LogP contribution in [0.5, 0.6) is 0 Å². The second kappa shape index (κ2) is 3.82. The van der Waals surface area contributed by atoms with Crippen molar-refractivity contribution in [1.29, 1.82) is 0 Å². The van der Waals surface area contributed by atoms with E-state index in [1.165, 1.54) is 0 Å². The van der Waals surface area contributed by atoms with Crippen molar-refractivity contribution in [2.75, 3.05) is 18.4 Å². The molecular weight excluding hydrogens is 192 g/mol. The molecule has 0 saturated carbocycles. The molecule has 2 heterocycles. The molecule has 0 aliphatic rings. The zero-order chi connectivity index (χ0) is 10.8. The normalized spacial score (nSPS) is 10.9. The summed E-state index contributed by atoms with van der Waals surface area (Å²) in [7, 11) is 1.91. The van der Waals surface area contributed by atoms with Crippen LogP contribution in [0.1, 0.15) is 5.82 Å². The van der Waals surface area contributed by atoms with Crippen molar-refractivity contribution in [3.05, 3.63) is 12.2 Å². The molecule has 0 bridgehead atoms. The molecule has 0 radical (unpaired) electrons. The lowest BCUT2D eigenvalue weighted by Gasteiger charge is -2.05. The van der Waals surface area contributed by atoms with Crippen LogP contribution in [0.3, 0.4) is 0 Å². The second-order valence-corrected chi connectivity index (χ2v) is 3.36. The van der Waals surface area contributed by atoms with Crippen LogP contribution in [0.15, 0.2) is 6.33 Å². The molecule has 6 heteroatoms. The first-order chi connectivity index (χ1) is 7.22. The van der Waals surface area contributed by atoms with Gasteiger partial charge in [0, 0.05) is 20.1 Å². The summed E-state index contributed by atoms with van der Waals surface area (Å²) in [5.41, 5.74) is 7.06. The number of imidazole rings is 1. The third-order valence-corrected chi connectivity index (χ3v) is 2.11.